The molecule has 4 rings (SSSR count). The molecule has 0 spiro atoms. The molecule has 0 saturated carbocycles. The van der Waals surface area contributed by atoms with E-state index in [0.29, 0.717) is 12.4 Å². The molecule has 0 bridgehead atoms. The summed E-state index contributed by atoms with van der Waals surface area (Å²) >= 11 is 0. The number of rotatable bonds is 5. The lowest BCUT2D eigenvalue weighted by molar-refractivity contribution is -0.141. The van der Waals surface area contributed by atoms with Crippen LogP contribution in [0.5, 0.6) is 5.75 Å². The smallest absolute Gasteiger partial charge is 0.295 e. The van der Waals surface area contributed by atoms with E-state index in [1.54, 1.807) is 31.2 Å². The molecular formula is C23H22FNO6S. The van der Waals surface area contributed by atoms with Crippen LogP contribution in [0.3, 0.4) is 0 Å². The monoisotopic (exact) mass is 459 g/mol. The molecule has 0 aliphatic carbocycles. The van der Waals surface area contributed by atoms with Gasteiger partial charge >= 0.3 is 0 Å². The van der Waals surface area contributed by atoms with Gasteiger partial charge in [0.05, 0.1) is 29.7 Å². The van der Waals surface area contributed by atoms with Gasteiger partial charge in [-0.05, 0) is 43.2 Å². The Morgan fingerprint density at radius 2 is 1.94 bits per heavy atom. The first-order valence-corrected chi connectivity index (χ1v) is 12.0. The molecule has 2 aliphatic heterocycles. The van der Waals surface area contributed by atoms with Gasteiger partial charge in [0.2, 0.25) is 0 Å². The number of hydrogen-bond acceptors (Lipinski definition) is 6. The Bertz CT molecular complexity index is 1220. The van der Waals surface area contributed by atoms with Gasteiger partial charge in [0, 0.05) is 11.6 Å². The van der Waals surface area contributed by atoms with Crippen LogP contribution < -0.4 is 4.74 Å². The molecule has 1 amide bonds. The Kier molecular flexibility index (Phi) is 5.77. The van der Waals surface area contributed by atoms with Gasteiger partial charge < -0.3 is 14.7 Å². The molecule has 0 unspecified atom stereocenters. The van der Waals surface area contributed by atoms with Crippen molar-refractivity contribution in [2.24, 2.45) is 0 Å². The first kappa shape index (κ1) is 22.0. The highest BCUT2D eigenvalue weighted by Crippen LogP contribution is 2.42. The number of carbonyl (C=O) groups excluding carboxylic acids is 2. The third-order valence-electron chi connectivity index (χ3n) is 5.66. The van der Waals surface area contributed by atoms with Gasteiger partial charge in [-0.3, -0.25) is 9.59 Å². The van der Waals surface area contributed by atoms with Crippen LogP contribution in [0, 0.1) is 5.82 Å². The number of ether oxygens (including phenoxy) is 1. The molecule has 9 heteroatoms. The summed E-state index contributed by atoms with van der Waals surface area (Å²) in [5, 5.41) is 11.1. The quantitative estimate of drug-likeness (QED) is 0.419. The van der Waals surface area contributed by atoms with Crippen LogP contribution in [0.25, 0.3) is 5.76 Å². The normalized spacial score (nSPS) is 24.1. The maximum atomic E-state index is 14.1. The average Bonchev–Trinajstić information content (AvgIpc) is 3.24. The van der Waals surface area contributed by atoms with E-state index < -0.39 is 45.2 Å². The Morgan fingerprint density at radius 1 is 1.19 bits per heavy atom. The number of amides is 1. The molecule has 2 aromatic rings. The van der Waals surface area contributed by atoms with Gasteiger partial charge in [-0.25, -0.2) is 12.8 Å². The fraction of sp³-hybridized carbons (Fsp3) is 0.304. The highest BCUT2D eigenvalue weighted by Gasteiger charge is 2.51. The third-order valence-corrected chi connectivity index (χ3v) is 7.42. The van der Waals surface area contributed by atoms with Crippen molar-refractivity contribution in [2.75, 3.05) is 18.1 Å². The van der Waals surface area contributed by atoms with Crippen molar-refractivity contribution in [1.82, 2.24) is 4.90 Å². The first-order valence-electron chi connectivity index (χ1n) is 10.2. The summed E-state index contributed by atoms with van der Waals surface area (Å²) in [6, 6.07) is 9.94. The van der Waals surface area contributed by atoms with Gasteiger partial charge in [0.15, 0.2) is 9.84 Å². The maximum Gasteiger partial charge on any atom is 0.295 e. The van der Waals surface area contributed by atoms with E-state index in [2.05, 4.69) is 0 Å². The summed E-state index contributed by atoms with van der Waals surface area (Å²) < 4.78 is 43.6. The Balaban J connectivity index is 1.88. The fourth-order valence-electron chi connectivity index (χ4n) is 4.28. The van der Waals surface area contributed by atoms with Crippen LogP contribution in [0.4, 0.5) is 4.39 Å². The van der Waals surface area contributed by atoms with Crippen LogP contribution in [-0.4, -0.2) is 54.3 Å². The summed E-state index contributed by atoms with van der Waals surface area (Å²) in [6.07, 6.45) is 0.168. The summed E-state index contributed by atoms with van der Waals surface area (Å²) in [5.41, 5.74) is 0.323. The Hall–Kier alpha value is -3.20. The molecule has 2 saturated heterocycles. The topological polar surface area (TPSA) is 101 Å². The van der Waals surface area contributed by atoms with Crippen LogP contribution in [0.2, 0.25) is 0 Å². The number of likely N-dealkylation sites (tertiary alicyclic amines) is 1. The van der Waals surface area contributed by atoms with E-state index in [-0.39, 0.29) is 34.6 Å². The summed E-state index contributed by atoms with van der Waals surface area (Å²) in [5.74, 6) is -2.78. The van der Waals surface area contributed by atoms with Crippen molar-refractivity contribution < 1.29 is 32.2 Å². The molecule has 168 valence electrons. The van der Waals surface area contributed by atoms with Gasteiger partial charge in [0.1, 0.15) is 17.3 Å². The molecule has 32 heavy (non-hydrogen) atoms. The predicted octanol–water partition coefficient (Wildman–Crippen LogP) is 2.83. The standard InChI is InChI=1S/C23H22FNO6S/c1-2-31-18-8-4-6-15(12-18)21(26)19-20(14-5-3-7-16(24)11-14)25(23(28)22(19)27)17-9-10-32(29,30)13-17/h3-8,11-12,17,20,26H,2,9-10,13H2,1H3/t17-,20+/m0/s1. The lowest BCUT2D eigenvalue weighted by atomic mass is 9.94. The fourth-order valence-corrected chi connectivity index (χ4v) is 5.99. The number of benzene rings is 2. The SMILES string of the molecule is CCOc1cccc(C(O)=C2C(=O)C(=O)N([C@H]3CCS(=O)(=O)C3)[C@@H]2c2cccc(F)c2)c1. The van der Waals surface area contributed by atoms with E-state index in [1.165, 1.54) is 29.2 Å². The number of hydrogen-bond donors (Lipinski definition) is 1. The lowest BCUT2D eigenvalue weighted by Gasteiger charge is -2.30. The van der Waals surface area contributed by atoms with Crippen LogP contribution in [0.15, 0.2) is 54.1 Å². The lowest BCUT2D eigenvalue weighted by Crippen LogP contribution is -2.40. The number of Topliss-reactive ketones (excluding diaryl/α,β-unsaturated/α-hetero) is 1. The van der Waals surface area contributed by atoms with Crippen LogP contribution in [0.1, 0.15) is 30.5 Å². The molecule has 2 fully saturated rings. The van der Waals surface area contributed by atoms with E-state index in [1.807, 2.05) is 0 Å². The zero-order valence-corrected chi connectivity index (χ0v) is 18.1. The summed E-state index contributed by atoms with van der Waals surface area (Å²) in [6.45, 7) is 2.20. The van der Waals surface area contributed by atoms with Crippen molar-refractivity contribution in [2.45, 2.75) is 25.4 Å². The molecule has 2 aliphatic rings. The number of aliphatic hydroxyl groups excluding tert-OH is 1. The maximum absolute atomic E-state index is 14.1. The molecule has 7 nitrogen and oxygen atoms in total. The Morgan fingerprint density at radius 3 is 2.59 bits per heavy atom. The third kappa shape index (κ3) is 4.00. The highest BCUT2D eigenvalue weighted by atomic mass is 32.2. The second-order valence-corrected chi connectivity index (χ2v) is 10.0. The van der Waals surface area contributed by atoms with E-state index in [9.17, 15) is 27.5 Å². The zero-order chi connectivity index (χ0) is 23.0. The molecule has 2 atom stereocenters. The van der Waals surface area contributed by atoms with Gasteiger partial charge in [-0.15, -0.1) is 0 Å². The summed E-state index contributed by atoms with van der Waals surface area (Å²) in [4.78, 5) is 27.2. The predicted molar refractivity (Wildman–Crippen MR) is 115 cm³/mol. The minimum atomic E-state index is -3.36. The number of carbonyl (C=O) groups is 2. The number of aliphatic hydroxyl groups is 1. The van der Waals surface area contributed by atoms with Crippen molar-refractivity contribution in [3.8, 4) is 5.75 Å². The second kappa shape index (κ2) is 8.38. The number of nitrogens with zero attached hydrogens (tertiary/aromatic N) is 1. The van der Waals surface area contributed by atoms with Crippen molar-refractivity contribution in [1.29, 1.82) is 0 Å². The number of halogens is 1. The number of sulfone groups is 1. The van der Waals surface area contributed by atoms with Crippen LogP contribution in [-0.2, 0) is 19.4 Å². The molecule has 0 radical (unpaired) electrons. The molecule has 0 aromatic heterocycles. The summed E-state index contributed by atoms with van der Waals surface area (Å²) in [7, 11) is -3.36. The molecule has 2 heterocycles. The zero-order valence-electron chi connectivity index (χ0n) is 17.3. The molecular weight excluding hydrogens is 437 g/mol. The molecule has 2 aromatic carbocycles. The van der Waals surface area contributed by atoms with E-state index >= 15 is 0 Å². The van der Waals surface area contributed by atoms with Crippen molar-refractivity contribution >= 4 is 27.3 Å². The van der Waals surface area contributed by atoms with E-state index in [0.717, 1.165) is 0 Å². The van der Waals surface area contributed by atoms with E-state index in [4.69, 9.17) is 4.74 Å². The number of ketones is 1. The highest BCUT2D eigenvalue weighted by molar-refractivity contribution is 7.91. The van der Waals surface area contributed by atoms with Gasteiger partial charge in [0.25, 0.3) is 11.7 Å². The largest absolute Gasteiger partial charge is 0.507 e. The molecule has 1 N–H and O–H groups in total. The van der Waals surface area contributed by atoms with Crippen molar-refractivity contribution in [3.05, 3.63) is 71.0 Å². The minimum absolute atomic E-state index is 0.104. The average molecular weight is 459 g/mol. The minimum Gasteiger partial charge on any atom is -0.507 e. The van der Waals surface area contributed by atoms with Crippen LogP contribution >= 0.6 is 0 Å². The van der Waals surface area contributed by atoms with Gasteiger partial charge in [-0.2, -0.15) is 0 Å². The second-order valence-electron chi connectivity index (χ2n) is 7.78. The first-order chi connectivity index (χ1) is 15.2. The van der Waals surface area contributed by atoms with Gasteiger partial charge in [-0.1, -0.05) is 24.3 Å². The Labute approximate surface area is 185 Å². The van der Waals surface area contributed by atoms with Crippen molar-refractivity contribution in [3.63, 3.8) is 0 Å².